The molecular weight excluding hydrogens is 292 g/mol. The molecule has 0 bridgehead atoms. The van der Waals surface area contributed by atoms with E-state index < -0.39 is 15.1 Å². The van der Waals surface area contributed by atoms with E-state index in [2.05, 4.69) is 0 Å². The van der Waals surface area contributed by atoms with Crippen molar-refractivity contribution in [2.45, 2.75) is 18.4 Å². The molecule has 0 radical (unpaired) electrons. The number of hydrogen-bond donors (Lipinski definition) is 0. The fourth-order valence-electron chi connectivity index (χ4n) is 1.93. The van der Waals surface area contributed by atoms with Gasteiger partial charge in [-0.3, -0.25) is 0 Å². The third-order valence-corrected chi connectivity index (χ3v) is 4.82. The van der Waals surface area contributed by atoms with Gasteiger partial charge in [-0.15, -0.1) is 0 Å². The van der Waals surface area contributed by atoms with E-state index in [4.69, 9.17) is 0 Å². The van der Waals surface area contributed by atoms with Crippen molar-refractivity contribution in [3.8, 4) is 0 Å². The molecule has 0 N–H and O–H groups in total. The SMILES string of the molecule is Cc1ccccc1S(=O)(=O)N(Cc1ccccc1)[N+](=O)[O-]. The van der Waals surface area contributed by atoms with E-state index in [1.807, 2.05) is 0 Å². The van der Waals surface area contributed by atoms with Crippen LogP contribution in [0.3, 0.4) is 0 Å². The molecule has 2 rings (SSSR count). The number of hydrazine groups is 1. The maximum Gasteiger partial charge on any atom is 0.313 e. The highest BCUT2D eigenvalue weighted by Crippen LogP contribution is 2.21. The van der Waals surface area contributed by atoms with Crippen LogP contribution < -0.4 is 0 Å². The predicted molar refractivity (Wildman–Crippen MR) is 77.3 cm³/mol. The molecule has 0 atom stereocenters. The van der Waals surface area contributed by atoms with Crippen molar-refractivity contribution in [3.63, 3.8) is 0 Å². The lowest BCUT2D eigenvalue weighted by molar-refractivity contribution is -0.623. The van der Waals surface area contributed by atoms with Gasteiger partial charge in [0.05, 0.1) is 4.90 Å². The molecule has 0 saturated carbocycles. The van der Waals surface area contributed by atoms with Gasteiger partial charge in [-0.1, -0.05) is 48.5 Å². The van der Waals surface area contributed by atoms with Crippen LogP contribution in [-0.2, 0) is 16.6 Å². The minimum atomic E-state index is -4.19. The Morgan fingerprint density at radius 2 is 1.62 bits per heavy atom. The van der Waals surface area contributed by atoms with Gasteiger partial charge in [0.25, 0.3) is 0 Å². The summed E-state index contributed by atoms with van der Waals surface area (Å²) in [6.45, 7) is 1.29. The van der Waals surface area contributed by atoms with Crippen LogP contribution in [0.15, 0.2) is 59.5 Å². The fraction of sp³-hybridized carbons (Fsp3) is 0.143. The van der Waals surface area contributed by atoms with Crippen LogP contribution in [0.25, 0.3) is 0 Å². The summed E-state index contributed by atoms with van der Waals surface area (Å²) >= 11 is 0. The van der Waals surface area contributed by atoms with E-state index in [1.54, 1.807) is 55.5 Å². The summed E-state index contributed by atoms with van der Waals surface area (Å²) in [5.41, 5.74) is 1.02. The molecule has 0 aromatic heterocycles. The zero-order chi connectivity index (χ0) is 15.5. The lowest BCUT2D eigenvalue weighted by Crippen LogP contribution is -2.36. The number of aryl methyl sites for hydroxylation is 1. The molecule has 0 aliphatic carbocycles. The zero-order valence-corrected chi connectivity index (χ0v) is 12.2. The molecule has 7 heteroatoms. The van der Waals surface area contributed by atoms with E-state index in [0.29, 0.717) is 11.1 Å². The molecule has 0 aliphatic heterocycles. The summed E-state index contributed by atoms with van der Waals surface area (Å²) in [5, 5.41) is 10.3. The monoisotopic (exact) mass is 306 g/mol. The third kappa shape index (κ3) is 3.19. The minimum absolute atomic E-state index is 0.0577. The first kappa shape index (κ1) is 15.0. The minimum Gasteiger partial charge on any atom is -0.234 e. The van der Waals surface area contributed by atoms with Crippen LogP contribution >= 0.6 is 0 Å². The summed E-state index contributed by atoms with van der Waals surface area (Å²) < 4.78 is 25.2. The first-order valence-corrected chi connectivity index (χ1v) is 7.63. The molecule has 0 saturated heterocycles. The third-order valence-electron chi connectivity index (χ3n) is 2.99. The van der Waals surface area contributed by atoms with Crippen molar-refractivity contribution in [1.82, 2.24) is 4.41 Å². The van der Waals surface area contributed by atoms with Crippen molar-refractivity contribution in [3.05, 3.63) is 75.8 Å². The summed E-state index contributed by atoms with van der Waals surface area (Å²) in [4.78, 5) is 11.1. The number of rotatable bonds is 5. The number of nitrogens with zero attached hydrogens (tertiary/aromatic N) is 2. The highest BCUT2D eigenvalue weighted by atomic mass is 32.2. The van der Waals surface area contributed by atoms with E-state index >= 15 is 0 Å². The molecule has 0 unspecified atom stereocenters. The highest BCUT2D eigenvalue weighted by Gasteiger charge is 2.33. The van der Waals surface area contributed by atoms with Gasteiger partial charge >= 0.3 is 10.0 Å². The van der Waals surface area contributed by atoms with Crippen molar-refractivity contribution >= 4 is 10.0 Å². The molecule has 110 valence electrons. The van der Waals surface area contributed by atoms with Gasteiger partial charge < -0.3 is 0 Å². The quantitative estimate of drug-likeness (QED) is 0.627. The van der Waals surface area contributed by atoms with Crippen molar-refractivity contribution < 1.29 is 13.5 Å². The van der Waals surface area contributed by atoms with Gasteiger partial charge in [0.15, 0.2) is 5.03 Å². The highest BCUT2D eigenvalue weighted by molar-refractivity contribution is 7.89. The smallest absolute Gasteiger partial charge is 0.234 e. The first-order chi connectivity index (χ1) is 9.93. The Labute approximate surface area is 122 Å². The molecule has 0 amide bonds. The summed E-state index contributed by atoms with van der Waals surface area (Å²) in [6, 6.07) is 14.6. The van der Waals surface area contributed by atoms with Crippen LogP contribution in [0.2, 0.25) is 0 Å². The lowest BCUT2D eigenvalue weighted by atomic mass is 10.2. The van der Waals surface area contributed by atoms with Gasteiger partial charge in [-0.25, -0.2) is 10.1 Å². The van der Waals surface area contributed by atoms with Crippen molar-refractivity contribution in [1.29, 1.82) is 0 Å². The van der Waals surface area contributed by atoms with Crippen LogP contribution in [0.1, 0.15) is 11.1 Å². The number of hydrogen-bond acceptors (Lipinski definition) is 4. The lowest BCUT2D eigenvalue weighted by Gasteiger charge is -2.15. The van der Waals surface area contributed by atoms with E-state index in [-0.39, 0.29) is 15.9 Å². The van der Waals surface area contributed by atoms with Gasteiger partial charge in [-0.2, -0.15) is 8.42 Å². The summed E-state index contributed by atoms with van der Waals surface area (Å²) in [6.07, 6.45) is 0. The molecule has 0 heterocycles. The molecule has 0 aliphatic rings. The van der Waals surface area contributed by atoms with E-state index in [9.17, 15) is 18.5 Å². The van der Waals surface area contributed by atoms with E-state index in [1.165, 1.54) is 6.07 Å². The number of nitro groups is 1. The predicted octanol–water partition coefficient (Wildman–Crippen LogP) is 2.38. The largest absolute Gasteiger partial charge is 0.313 e. The molecular formula is C14H14N2O4S. The first-order valence-electron chi connectivity index (χ1n) is 6.19. The Balaban J connectivity index is 2.43. The van der Waals surface area contributed by atoms with Crippen LogP contribution in [0, 0.1) is 17.0 Å². The molecule has 21 heavy (non-hydrogen) atoms. The van der Waals surface area contributed by atoms with Crippen molar-refractivity contribution in [2.75, 3.05) is 0 Å². The van der Waals surface area contributed by atoms with Gasteiger partial charge in [0.2, 0.25) is 0 Å². The molecule has 0 spiro atoms. The second-order valence-corrected chi connectivity index (χ2v) is 6.29. The van der Waals surface area contributed by atoms with Crippen LogP contribution in [0.5, 0.6) is 0 Å². The zero-order valence-electron chi connectivity index (χ0n) is 11.3. The average molecular weight is 306 g/mol. The number of sulfonamides is 1. The Morgan fingerprint density at radius 1 is 1.05 bits per heavy atom. The average Bonchev–Trinajstić information content (AvgIpc) is 2.45. The summed E-state index contributed by atoms with van der Waals surface area (Å²) in [7, 11) is -4.19. The standard InChI is InChI=1S/C14H14N2O4S/c1-12-7-5-6-10-14(12)21(19,20)15(16(17)18)11-13-8-3-2-4-9-13/h2-10H,11H2,1H3. The van der Waals surface area contributed by atoms with E-state index in [0.717, 1.165) is 0 Å². The normalized spacial score (nSPS) is 11.1. The Kier molecular flexibility index (Phi) is 4.23. The maximum atomic E-state index is 12.5. The van der Waals surface area contributed by atoms with Gasteiger partial charge in [0.1, 0.15) is 6.54 Å². The fourth-order valence-corrected chi connectivity index (χ4v) is 3.38. The van der Waals surface area contributed by atoms with Crippen LogP contribution in [-0.4, -0.2) is 17.9 Å². The van der Waals surface area contributed by atoms with Gasteiger partial charge in [-0.05, 0) is 28.5 Å². The summed E-state index contributed by atoms with van der Waals surface area (Å²) in [5.74, 6) is 0. The topological polar surface area (TPSA) is 80.5 Å². The Bertz CT molecular complexity index is 745. The molecule has 6 nitrogen and oxygen atoms in total. The van der Waals surface area contributed by atoms with Crippen molar-refractivity contribution in [2.24, 2.45) is 0 Å². The molecule has 2 aromatic rings. The second kappa shape index (κ2) is 5.92. The molecule has 2 aromatic carbocycles. The molecule has 0 fully saturated rings. The number of benzene rings is 2. The maximum absolute atomic E-state index is 12.5. The van der Waals surface area contributed by atoms with Gasteiger partial charge in [0, 0.05) is 0 Å². The second-order valence-electron chi connectivity index (χ2n) is 4.47. The Hall–Kier alpha value is -2.41. The van der Waals surface area contributed by atoms with Crippen LogP contribution in [0.4, 0.5) is 0 Å². The Morgan fingerprint density at radius 3 is 2.19 bits per heavy atom.